The van der Waals surface area contributed by atoms with Crippen LogP contribution < -0.4 is 5.32 Å². The van der Waals surface area contributed by atoms with Crippen LogP contribution in [0.1, 0.15) is 44.4 Å². The molecule has 10 heteroatoms. The zero-order valence-electron chi connectivity index (χ0n) is 18.0. The second-order valence-corrected chi connectivity index (χ2v) is 9.05. The molecule has 5 rings (SSSR count). The summed E-state index contributed by atoms with van der Waals surface area (Å²) in [6.07, 6.45) is 4.14. The summed E-state index contributed by atoms with van der Waals surface area (Å²) in [4.78, 5) is 18.6. The van der Waals surface area contributed by atoms with Crippen LogP contribution in [-0.4, -0.2) is 60.7 Å². The number of anilines is 2. The molecule has 31 heavy (non-hydrogen) atoms. The van der Waals surface area contributed by atoms with Gasteiger partial charge in [-0.2, -0.15) is 10.2 Å². The van der Waals surface area contributed by atoms with Gasteiger partial charge in [0.25, 0.3) is 0 Å². The molecular weight excluding hydrogens is 398 g/mol. The van der Waals surface area contributed by atoms with Crippen LogP contribution in [0.2, 0.25) is 0 Å². The van der Waals surface area contributed by atoms with Gasteiger partial charge in [-0.1, -0.05) is 0 Å². The van der Waals surface area contributed by atoms with Gasteiger partial charge < -0.3 is 19.7 Å². The smallest absolute Gasteiger partial charge is 0.410 e. The van der Waals surface area contributed by atoms with E-state index in [0.717, 1.165) is 41.4 Å². The van der Waals surface area contributed by atoms with Gasteiger partial charge in [0, 0.05) is 31.3 Å². The lowest BCUT2D eigenvalue weighted by atomic mass is 10.00. The predicted molar refractivity (Wildman–Crippen MR) is 113 cm³/mol. The van der Waals surface area contributed by atoms with Crippen molar-refractivity contribution in [3.63, 3.8) is 0 Å². The lowest BCUT2D eigenvalue weighted by Gasteiger charge is -2.24. The molecule has 1 atom stereocenters. The highest BCUT2D eigenvalue weighted by atomic mass is 16.6. The first-order valence-corrected chi connectivity index (χ1v) is 10.6. The van der Waals surface area contributed by atoms with Gasteiger partial charge in [0.2, 0.25) is 0 Å². The first-order valence-electron chi connectivity index (χ1n) is 10.6. The summed E-state index contributed by atoms with van der Waals surface area (Å²) in [7, 11) is 0. The van der Waals surface area contributed by atoms with Crippen LogP contribution >= 0.6 is 0 Å². The average Bonchev–Trinajstić information content (AvgIpc) is 3.44. The molecule has 3 aromatic rings. The molecular formula is C21H27N7O3. The number of amides is 1. The lowest BCUT2D eigenvalue weighted by molar-refractivity contribution is 0.0292. The van der Waals surface area contributed by atoms with E-state index in [1.807, 2.05) is 37.7 Å². The molecule has 3 aromatic heterocycles. The second-order valence-electron chi connectivity index (χ2n) is 9.05. The maximum Gasteiger partial charge on any atom is 0.410 e. The van der Waals surface area contributed by atoms with E-state index in [2.05, 4.69) is 26.6 Å². The van der Waals surface area contributed by atoms with E-state index in [4.69, 9.17) is 9.47 Å². The SMILES string of the molecule is CC(C)(C)OC(=O)N1CCC(c2cc(Nc3cc4n(n3)CCOC4)c3ncnn3c2)C1. The summed E-state index contributed by atoms with van der Waals surface area (Å²) in [6.45, 7) is 8.93. The van der Waals surface area contributed by atoms with Crippen molar-refractivity contribution < 1.29 is 14.3 Å². The number of rotatable bonds is 3. The molecule has 1 N–H and O–H groups in total. The van der Waals surface area contributed by atoms with Crippen LogP contribution in [0.5, 0.6) is 0 Å². The van der Waals surface area contributed by atoms with Gasteiger partial charge >= 0.3 is 6.09 Å². The van der Waals surface area contributed by atoms with Crippen LogP contribution in [0.25, 0.3) is 5.65 Å². The fourth-order valence-corrected chi connectivity index (χ4v) is 4.08. The van der Waals surface area contributed by atoms with Crippen molar-refractivity contribution in [2.24, 2.45) is 0 Å². The average molecular weight is 425 g/mol. The molecule has 1 amide bonds. The zero-order valence-corrected chi connectivity index (χ0v) is 18.0. The number of aromatic nitrogens is 5. The molecule has 1 unspecified atom stereocenters. The highest BCUT2D eigenvalue weighted by Crippen LogP contribution is 2.32. The van der Waals surface area contributed by atoms with Crippen LogP contribution in [0, 0.1) is 0 Å². The number of pyridine rings is 1. The second kappa shape index (κ2) is 7.52. The lowest BCUT2D eigenvalue weighted by Crippen LogP contribution is -2.35. The molecule has 2 aliphatic heterocycles. The minimum atomic E-state index is -0.499. The topological polar surface area (TPSA) is 98.8 Å². The molecule has 5 heterocycles. The Balaban J connectivity index is 1.38. The maximum atomic E-state index is 12.5. The minimum absolute atomic E-state index is 0.199. The molecule has 0 radical (unpaired) electrons. The van der Waals surface area contributed by atoms with Crippen LogP contribution in [0.4, 0.5) is 16.3 Å². The van der Waals surface area contributed by atoms with E-state index in [-0.39, 0.29) is 12.0 Å². The van der Waals surface area contributed by atoms with E-state index in [1.165, 1.54) is 6.33 Å². The van der Waals surface area contributed by atoms with E-state index in [1.54, 1.807) is 9.42 Å². The van der Waals surface area contributed by atoms with Crippen molar-refractivity contribution in [1.29, 1.82) is 0 Å². The van der Waals surface area contributed by atoms with Crippen molar-refractivity contribution in [3.8, 4) is 0 Å². The molecule has 10 nitrogen and oxygen atoms in total. The van der Waals surface area contributed by atoms with Crippen LogP contribution in [0.15, 0.2) is 24.7 Å². The third-order valence-electron chi connectivity index (χ3n) is 5.53. The van der Waals surface area contributed by atoms with Gasteiger partial charge in [-0.3, -0.25) is 4.68 Å². The Kier molecular flexibility index (Phi) is 4.81. The molecule has 1 saturated heterocycles. The van der Waals surface area contributed by atoms with Crippen LogP contribution in [0.3, 0.4) is 0 Å². The fourth-order valence-electron chi connectivity index (χ4n) is 4.08. The largest absolute Gasteiger partial charge is 0.444 e. The summed E-state index contributed by atoms with van der Waals surface area (Å²) in [6, 6.07) is 4.08. The number of ether oxygens (including phenoxy) is 2. The highest BCUT2D eigenvalue weighted by Gasteiger charge is 2.31. The summed E-state index contributed by atoms with van der Waals surface area (Å²) in [5.74, 6) is 0.953. The molecule has 0 aromatic carbocycles. The van der Waals surface area contributed by atoms with E-state index >= 15 is 0 Å². The van der Waals surface area contributed by atoms with Gasteiger partial charge in [-0.05, 0) is 38.8 Å². The first kappa shape index (κ1) is 19.8. The molecule has 0 spiro atoms. The van der Waals surface area contributed by atoms with Crippen molar-refractivity contribution in [2.75, 3.05) is 25.0 Å². The zero-order chi connectivity index (χ0) is 21.6. The van der Waals surface area contributed by atoms with E-state index in [9.17, 15) is 4.79 Å². The number of hydrogen-bond acceptors (Lipinski definition) is 7. The molecule has 0 saturated carbocycles. The normalized spacial score (nSPS) is 18.9. The quantitative estimate of drug-likeness (QED) is 0.689. The summed E-state index contributed by atoms with van der Waals surface area (Å²) >= 11 is 0. The Hall–Kier alpha value is -3.14. The van der Waals surface area contributed by atoms with Gasteiger partial charge in [-0.25, -0.2) is 14.3 Å². The number of hydrogen-bond donors (Lipinski definition) is 1. The van der Waals surface area contributed by atoms with Gasteiger partial charge in [0.1, 0.15) is 11.9 Å². The van der Waals surface area contributed by atoms with E-state index in [0.29, 0.717) is 26.3 Å². The Labute approximate surface area is 180 Å². The fraction of sp³-hybridized carbons (Fsp3) is 0.524. The van der Waals surface area contributed by atoms with Crippen LogP contribution in [-0.2, 0) is 22.6 Å². The number of likely N-dealkylation sites (tertiary alicyclic amines) is 1. The summed E-state index contributed by atoms with van der Waals surface area (Å²) in [5, 5.41) is 12.4. The Morgan fingerprint density at radius 3 is 2.97 bits per heavy atom. The third kappa shape index (κ3) is 4.07. The van der Waals surface area contributed by atoms with E-state index < -0.39 is 5.60 Å². The minimum Gasteiger partial charge on any atom is -0.444 e. The Morgan fingerprint density at radius 2 is 2.16 bits per heavy atom. The molecule has 164 valence electrons. The molecule has 1 fully saturated rings. The third-order valence-corrected chi connectivity index (χ3v) is 5.53. The van der Waals surface area contributed by atoms with Gasteiger partial charge in [-0.15, -0.1) is 0 Å². The van der Waals surface area contributed by atoms with Crippen molar-refractivity contribution in [1.82, 2.24) is 29.3 Å². The molecule has 2 aliphatic rings. The number of carbonyl (C=O) groups is 1. The monoisotopic (exact) mass is 425 g/mol. The van der Waals surface area contributed by atoms with Crippen molar-refractivity contribution >= 4 is 23.2 Å². The Morgan fingerprint density at radius 1 is 1.29 bits per heavy atom. The standard InChI is InChI=1S/C21H27N7O3/c1-21(2,3)31-20(29)26-5-4-14(10-26)15-8-17(19-22-13-23-28(19)11-15)24-18-9-16-12-30-7-6-27(16)25-18/h8-9,11,13-14H,4-7,10,12H2,1-3H3,(H,24,25). The summed E-state index contributed by atoms with van der Waals surface area (Å²) < 4.78 is 14.8. The van der Waals surface area contributed by atoms with Crippen molar-refractivity contribution in [2.45, 2.75) is 51.9 Å². The number of fused-ring (bicyclic) bond motifs is 2. The Bertz CT molecular complexity index is 1090. The number of nitrogens with zero attached hydrogens (tertiary/aromatic N) is 6. The number of carbonyl (C=O) groups excluding carboxylic acids is 1. The van der Waals surface area contributed by atoms with Gasteiger partial charge in [0.05, 0.1) is 31.1 Å². The maximum absolute atomic E-state index is 12.5. The molecule has 0 aliphatic carbocycles. The predicted octanol–water partition coefficient (Wildman–Crippen LogP) is 2.92. The molecule has 0 bridgehead atoms. The van der Waals surface area contributed by atoms with Crippen molar-refractivity contribution in [3.05, 3.63) is 35.9 Å². The number of nitrogens with one attached hydrogen (secondary N) is 1. The first-order chi connectivity index (χ1) is 14.9. The highest BCUT2D eigenvalue weighted by molar-refractivity contribution is 5.73. The summed E-state index contributed by atoms with van der Waals surface area (Å²) in [5.41, 5.74) is 3.21. The van der Waals surface area contributed by atoms with Gasteiger partial charge in [0.15, 0.2) is 11.5 Å².